The zero-order valence-corrected chi connectivity index (χ0v) is 18.4. The summed E-state index contributed by atoms with van der Waals surface area (Å²) in [5, 5.41) is 9.73. The Kier molecular flexibility index (Phi) is 7.70. The van der Waals surface area contributed by atoms with E-state index in [-0.39, 0.29) is 5.91 Å². The minimum Gasteiger partial charge on any atom is -0.497 e. The Labute approximate surface area is 186 Å². The fraction of sp³-hybridized carbons (Fsp3) is 0.130. The van der Waals surface area contributed by atoms with Gasteiger partial charge in [-0.3, -0.25) is 4.79 Å². The van der Waals surface area contributed by atoms with E-state index < -0.39 is 0 Å². The average molecular weight is 438 g/mol. The van der Waals surface area contributed by atoms with Gasteiger partial charge in [0.2, 0.25) is 5.91 Å². The van der Waals surface area contributed by atoms with E-state index in [9.17, 15) is 4.79 Å². The smallest absolute Gasteiger partial charge is 0.234 e. The molecule has 1 amide bonds. The lowest BCUT2D eigenvalue weighted by Crippen LogP contribution is -2.19. The number of hydrogen-bond donors (Lipinski definition) is 3. The van der Waals surface area contributed by atoms with Gasteiger partial charge in [0.25, 0.3) is 0 Å². The van der Waals surface area contributed by atoms with Crippen molar-refractivity contribution >= 4 is 52.1 Å². The van der Waals surface area contributed by atoms with Gasteiger partial charge >= 0.3 is 0 Å². The van der Waals surface area contributed by atoms with Crippen LogP contribution in [-0.2, 0) is 4.79 Å². The van der Waals surface area contributed by atoms with Crippen LogP contribution in [0.1, 0.15) is 5.56 Å². The van der Waals surface area contributed by atoms with Crippen LogP contribution in [0.3, 0.4) is 0 Å². The van der Waals surface area contributed by atoms with Gasteiger partial charge in [-0.1, -0.05) is 29.8 Å². The molecule has 30 heavy (non-hydrogen) atoms. The molecule has 5 nitrogen and oxygen atoms in total. The van der Waals surface area contributed by atoms with Crippen molar-refractivity contribution in [1.82, 2.24) is 0 Å². The van der Waals surface area contributed by atoms with Gasteiger partial charge in [-0.2, -0.15) is 0 Å². The molecule has 154 valence electrons. The monoisotopic (exact) mass is 437 g/mol. The summed E-state index contributed by atoms with van der Waals surface area (Å²) < 4.78 is 5.17. The quantitative estimate of drug-likeness (QED) is 0.333. The summed E-state index contributed by atoms with van der Waals surface area (Å²) in [6.07, 6.45) is 0. The SMILES string of the molecule is COc1cccc(NC(=O)CSc2cccc(NC(=S)Nc3ccc(C)cc3)c2)c1. The number of amides is 1. The Balaban J connectivity index is 1.51. The first kappa shape index (κ1) is 21.7. The van der Waals surface area contributed by atoms with Crippen molar-refractivity contribution in [1.29, 1.82) is 0 Å². The van der Waals surface area contributed by atoms with Crippen LogP contribution >= 0.6 is 24.0 Å². The van der Waals surface area contributed by atoms with E-state index in [0.29, 0.717) is 22.3 Å². The second-order valence-electron chi connectivity index (χ2n) is 6.54. The van der Waals surface area contributed by atoms with Crippen molar-refractivity contribution in [2.45, 2.75) is 11.8 Å². The van der Waals surface area contributed by atoms with Crippen LogP contribution in [-0.4, -0.2) is 23.9 Å². The van der Waals surface area contributed by atoms with Gasteiger partial charge in [0.1, 0.15) is 5.75 Å². The Hall–Kier alpha value is -3.03. The molecule has 3 N–H and O–H groups in total. The maximum atomic E-state index is 12.3. The van der Waals surface area contributed by atoms with E-state index in [4.69, 9.17) is 17.0 Å². The minimum absolute atomic E-state index is 0.0804. The molecule has 0 radical (unpaired) electrons. The number of anilines is 3. The summed E-state index contributed by atoms with van der Waals surface area (Å²) in [5.74, 6) is 0.921. The molecule has 3 rings (SSSR count). The van der Waals surface area contributed by atoms with Crippen LogP contribution < -0.4 is 20.7 Å². The number of nitrogens with one attached hydrogen (secondary N) is 3. The van der Waals surface area contributed by atoms with Gasteiger partial charge in [-0.25, -0.2) is 0 Å². The number of thiocarbonyl (C=S) groups is 1. The third-order valence-electron chi connectivity index (χ3n) is 4.12. The van der Waals surface area contributed by atoms with Crippen LogP contribution in [0.15, 0.2) is 77.7 Å². The molecule has 0 bridgehead atoms. The fourth-order valence-corrected chi connectivity index (χ4v) is 3.63. The van der Waals surface area contributed by atoms with Crippen LogP contribution in [0, 0.1) is 6.92 Å². The van der Waals surface area contributed by atoms with E-state index in [1.165, 1.54) is 17.3 Å². The molecule has 3 aromatic carbocycles. The summed E-state index contributed by atoms with van der Waals surface area (Å²) in [7, 11) is 1.60. The summed E-state index contributed by atoms with van der Waals surface area (Å²) in [6, 6.07) is 23.1. The molecule has 0 aliphatic carbocycles. The second kappa shape index (κ2) is 10.7. The highest BCUT2D eigenvalue weighted by atomic mass is 32.2. The molecule has 7 heteroatoms. The number of thioether (sulfide) groups is 1. The molecular formula is C23H23N3O2S2. The zero-order valence-electron chi connectivity index (χ0n) is 16.8. The molecule has 0 aromatic heterocycles. The molecule has 0 saturated heterocycles. The van der Waals surface area contributed by atoms with Gasteiger partial charge in [-0.05, 0) is 61.6 Å². The van der Waals surface area contributed by atoms with E-state index in [1.807, 2.05) is 73.7 Å². The second-order valence-corrected chi connectivity index (χ2v) is 8.00. The lowest BCUT2D eigenvalue weighted by molar-refractivity contribution is -0.113. The van der Waals surface area contributed by atoms with Crippen LogP contribution in [0.25, 0.3) is 0 Å². The Morgan fingerprint density at radius 3 is 2.30 bits per heavy atom. The summed E-state index contributed by atoms with van der Waals surface area (Å²) >= 11 is 6.85. The van der Waals surface area contributed by atoms with Crippen LogP contribution in [0.2, 0.25) is 0 Å². The molecule has 0 unspecified atom stereocenters. The maximum Gasteiger partial charge on any atom is 0.234 e. The molecule has 0 atom stereocenters. The highest BCUT2D eigenvalue weighted by molar-refractivity contribution is 8.00. The van der Waals surface area contributed by atoms with Crippen molar-refractivity contribution in [2.75, 3.05) is 28.8 Å². The van der Waals surface area contributed by atoms with Gasteiger partial charge in [0.05, 0.1) is 12.9 Å². The number of rotatable bonds is 7. The number of benzene rings is 3. The third kappa shape index (κ3) is 6.79. The van der Waals surface area contributed by atoms with Crippen molar-refractivity contribution in [2.24, 2.45) is 0 Å². The number of aryl methyl sites for hydroxylation is 1. The fourth-order valence-electron chi connectivity index (χ4n) is 2.64. The van der Waals surface area contributed by atoms with E-state index >= 15 is 0 Å². The molecular weight excluding hydrogens is 414 g/mol. The Bertz CT molecular complexity index is 1020. The number of carbonyl (C=O) groups is 1. The first-order chi connectivity index (χ1) is 14.5. The van der Waals surface area contributed by atoms with Gasteiger partial charge in [0.15, 0.2) is 5.11 Å². The first-order valence-corrected chi connectivity index (χ1v) is 10.7. The maximum absolute atomic E-state index is 12.3. The first-order valence-electron chi connectivity index (χ1n) is 9.33. The highest BCUT2D eigenvalue weighted by Gasteiger charge is 2.06. The molecule has 0 spiro atoms. The summed E-state index contributed by atoms with van der Waals surface area (Å²) in [4.78, 5) is 13.2. The molecule has 0 saturated carbocycles. The lowest BCUT2D eigenvalue weighted by atomic mass is 10.2. The number of methoxy groups -OCH3 is 1. The highest BCUT2D eigenvalue weighted by Crippen LogP contribution is 2.23. The average Bonchev–Trinajstić information content (AvgIpc) is 2.74. The van der Waals surface area contributed by atoms with E-state index in [2.05, 4.69) is 16.0 Å². The molecule has 0 fully saturated rings. The third-order valence-corrected chi connectivity index (χ3v) is 5.32. The predicted molar refractivity (Wildman–Crippen MR) is 130 cm³/mol. The molecule has 0 heterocycles. The van der Waals surface area contributed by atoms with Crippen molar-refractivity contribution in [3.8, 4) is 5.75 Å². The van der Waals surface area contributed by atoms with E-state index in [1.54, 1.807) is 13.2 Å². The lowest BCUT2D eigenvalue weighted by Gasteiger charge is -2.12. The minimum atomic E-state index is -0.0804. The van der Waals surface area contributed by atoms with Gasteiger partial charge in [-0.15, -0.1) is 11.8 Å². The van der Waals surface area contributed by atoms with Crippen molar-refractivity contribution in [3.63, 3.8) is 0 Å². The summed E-state index contributed by atoms with van der Waals surface area (Å²) in [6.45, 7) is 2.04. The van der Waals surface area contributed by atoms with Gasteiger partial charge < -0.3 is 20.7 Å². The Morgan fingerprint density at radius 2 is 1.57 bits per heavy atom. The standard InChI is InChI=1S/C23H23N3O2S2/c1-16-9-11-17(12-10-16)25-23(29)26-19-6-4-8-21(14-19)30-15-22(27)24-18-5-3-7-20(13-18)28-2/h3-14H,15H2,1-2H3,(H,24,27)(H2,25,26,29). The van der Waals surface area contributed by atoms with Crippen LogP contribution in [0.5, 0.6) is 5.75 Å². The van der Waals surface area contributed by atoms with Gasteiger partial charge in [0, 0.05) is 28.0 Å². The topological polar surface area (TPSA) is 62.4 Å². The van der Waals surface area contributed by atoms with E-state index in [0.717, 1.165) is 16.3 Å². The molecule has 3 aromatic rings. The predicted octanol–water partition coefficient (Wildman–Crippen LogP) is 5.54. The molecule has 0 aliphatic heterocycles. The zero-order chi connectivity index (χ0) is 21.3. The normalized spacial score (nSPS) is 10.2. The summed E-state index contributed by atoms with van der Waals surface area (Å²) in [5.41, 5.74) is 3.69. The van der Waals surface area contributed by atoms with Crippen molar-refractivity contribution in [3.05, 3.63) is 78.4 Å². The Morgan fingerprint density at radius 1 is 0.900 bits per heavy atom. The molecule has 0 aliphatic rings. The van der Waals surface area contributed by atoms with Crippen LogP contribution in [0.4, 0.5) is 17.1 Å². The number of ether oxygens (including phenoxy) is 1. The van der Waals surface area contributed by atoms with Crippen molar-refractivity contribution < 1.29 is 9.53 Å². The number of carbonyl (C=O) groups excluding carboxylic acids is 1. The largest absolute Gasteiger partial charge is 0.497 e. The number of hydrogen-bond acceptors (Lipinski definition) is 4.